The highest BCUT2D eigenvalue weighted by Gasteiger charge is 2.49. The van der Waals surface area contributed by atoms with Crippen LogP contribution in [-0.2, 0) is 9.59 Å². The predicted molar refractivity (Wildman–Crippen MR) is 45.3 cm³/mol. The smallest absolute Gasteiger partial charge is 0.321 e. The lowest BCUT2D eigenvalue weighted by Crippen LogP contribution is -2.42. The van der Waals surface area contributed by atoms with E-state index >= 15 is 0 Å². The average molecular weight is 186 g/mol. The molecule has 1 fully saturated rings. The largest absolute Gasteiger partial charge is 0.480 e. The number of carbonyl (C=O) groups is 2. The van der Waals surface area contributed by atoms with Gasteiger partial charge in [-0.3, -0.25) is 9.59 Å². The molecule has 0 aromatic rings. The molecule has 0 aliphatic heterocycles. The van der Waals surface area contributed by atoms with Gasteiger partial charge >= 0.3 is 11.9 Å². The molecule has 1 aliphatic carbocycles. The van der Waals surface area contributed by atoms with Crippen molar-refractivity contribution in [3.8, 4) is 0 Å². The number of hydrogen-bond acceptors (Lipinski definition) is 2. The van der Waals surface area contributed by atoms with Gasteiger partial charge in [-0.25, -0.2) is 0 Å². The minimum absolute atomic E-state index is 0.206. The van der Waals surface area contributed by atoms with Crippen molar-refractivity contribution in [2.24, 2.45) is 11.3 Å². The van der Waals surface area contributed by atoms with E-state index in [9.17, 15) is 9.59 Å². The molecule has 1 rings (SSSR count). The van der Waals surface area contributed by atoms with Gasteiger partial charge in [-0.1, -0.05) is 12.8 Å². The second-order valence-corrected chi connectivity index (χ2v) is 3.79. The highest BCUT2D eigenvalue weighted by Crippen LogP contribution is 2.40. The first-order valence-electron chi connectivity index (χ1n) is 4.46. The van der Waals surface area contributed by atoms with Crippen LogP contribution in [0.15, 0.2) is 0 Å². The van der Waals surface area contributed by atoms with E-state index in [0.29, 0.717) is 0 Å². The van der Waals surface area contributed by atoms with Gasteiger partial charge in [0.25, 0.3) is 0 Å². The lowest BCUT2D eigenvalue weighted by Gasteiger charge is -2.26. The Balaban J connectivity index is 2.89. The molecule has 0 spiro atoms. The lowest BCUT2D eigenvalue weighted by molar-refractivity contribution is -0.167. The Bertz CT molecular complexity index is 214. The Morgan fingerprint density at radius 2 is 1.54 bits per heavy atom. The summed E-state index contributed by atoms with van der Waals surface area (Å²) in [5.74, 6) is -2.64. The van der Waals surface area contributed by atoms with Gasteiger partial charge in [-0.2, -0.15) is 0 Å². The molecule has 4 nitrogen and oxygen atoms in total. The summed E-state index contributed by atoms with van der Waals surface area (Å²) in [5, 5.41) is 17.8. The van der Waals surface area contributed by atoms with Crippen LogP contribution in [0.25, 0.3) is 0 Å². The van der Waals surface area contributed by atoms with Crippen molar-refractivity contribution in [2.75, 3.05) is 0 Å². The van der Waals surface area contributed by atoms with E-state index in [2.05, 4.69) is 0 Å². The Labute approximate surface area is 76.6 Å². The normalized spacial score (nSPS) is 18.8. The SMILES string of the molecule is CC(C(=O)O)(C(=O)O)C1CCCC1. The van der Waals surface area contributed by atoms with Crippen LogP contribution in [0.3, 0.4) is 0 Å². The molecular formula is C9H14O4. The van der Waals surface area contributed by atoms with E-state index in [1.807, 2.05) is 0 Å². The van der Waals surface area contributed by atoms with E-state index in [1.165, 1.54) is 6.92 Å². The molecule has 0 atom stereocenters. The first-order chi connectivity index (χ1) is 5.99. The fourth-order valence-corrected chi connectivity index (χ4v) is 1.94. The Morgan fingerprint density at radius 3 is 1.85 bits per heavy atom. The average Bonchev–Trinajstić information content (AvgIpc) is 2.54. The summed E-state index contributed by atoms with van der Waals surface area (Å²) >= 11 is 0. The number of aliphatic carboxylic acids is 2. The minimum atomic E-state index is -1.59. The predicted octanol–water partition coefficient (Wildman–Crippen LogP) is 1.35. The molecule has 0 bridgehead atoms. The molecule has 0 radical (unpaired) electrons. The summed E-state index contributed by atoms with van der Waals surface area (Å²) in [6.07, 6.45) is 3.33. The Kier molecular flexibility index (Phi) is 2.59. The summed E-state index contributed by atoms with van der Waals surface area (Å²) in [6.45, 7) is 1.31. The van der Waals surface area contributed by atoms with Crippen molar-refractivity contribution in [1.82, 2.24) is 0 Å². The van der Waals surface area contributed by atoms with E-state index in [1.54, 1.807) is 0 Å². The summed E-state index contributed by atoms with van der Waals surface area (Å²) < 4.78 is 0. The van der Waals surface area contributed by atoms with Crippen molar-refractivity contribution >= 4 is 11.9 Å². The van der Waals surface area contributed by atoms with Gasteiger partial charge in [0.2, 0.25) is 0 Å². The Morgan fingerprint density at radius 1 is 1.15 bits per heavy atom. The third-order valence-corrected chi connectivity index (χ3v) is 3.06. The first kappa shape index (κ1) is 10.0. The van der Waals surface area contributed by atoms with E-state index < -0.39 is 17.4 Å². The highest BCUT2D eigenvalue weighted by molar-refractivity contribution is 5.98. The van der Waals surface area contributed by atoms with Gasteiger partial charge < -0.3 is 10.2 Å². The zero-order chi connectivity index (χ0) is 10.1. The molecule has 0 saturated heterocycles. The summed E-state index contributed by atoms with van der Waals surface area (Å²) in [6, 6.07) is 0. The molecular weight excluding hydrogens is 172 g/mol. The zero-order valence-corrected chi connectivity index (χ0v) is 7.62. The maximum Gasteiger partial charge on any atom is 0.321 e. The lowest BCUT2D eigenvalue weighted by atomic mass is 9.76. The van der Waals surface area contributed by atoms with Crippen LogP contribution in [-0.4, -0.2) is 22.2 Å². The molecule has 4 heteroatoms. The van der Waals surface area contributed by atoms with Crippen LogP contribution in [0.5, 0.6) is 0 Å². The first-order valence-corrected chi connectivity index (χ1v) is 4.46. The van der Waals surface area contributed by atoms with Gasteiger partial charge in [0.15, 0.2) is 5.41 Å². The molecule has 1 saturated carbocycles. The van der Waals surface area contributed by atoms with Crippen molar-refractivity contribution in [1.29, 1.82) is 0 Å². The third kappa shape index (κ3) is 1.53. The standard InChI is InChI=1S/C9H14O4/c1-9(7(10)11,8(12)13)6-4-2-3-5-6/h6H,2-5H2,1H3,(H,10,11)(H,12,13). The van der Waals surface area contributed by atoms with Gasteiger partial charge in [0.1, 0.15) is 0 Å². The molecule has 0 heterocycles. The van der Waals surface area contributed by atoms with Crippen LogP contribution in [0.1, 0.15) is 32.6 Å². The van der Waals surface area contributed by atoms with Crippen molar-refractivity contribution in [2.45, 2.75) is 32.6 Å². The quantitative estimate of drug-likeness (QED) is 0.652. The maximum absolute atomic E-state index is 10.9. The van der Waals surface area contributed by atoms with Gasteiger partial charge in [-0.15, -0.1) is 0 Å². The Hall–Kier alpha value is -1.06. The van der Waals surface area contributed by atoms with E-state index in [-0.39, 0.29) is 5.92 Å². The number of carboxylic acids is 2. The zero-order valence-electron chi connectivity index (χ0n) is 7.62. The van der Waals surface area contributed by atoms with E-state index in [4.69, 9.17) is 10.2 Å². The highest BCUT2D eigenvalue weighted by atomic mass is 16.4. The van der Waals surface area contributed by atoms with Crippen LogP contribution in [0.2, 0.25) is 0 Å². The second kappa shape index (κ2) is 3.36. The number of carboxylic acid groups (broad SMARTS) is 2. The van der Waals surface area contributed by atoms with Crippen molar-refractivity contribution < 1.29 is 19.8 Å². The molecule has 13 heavy (non-hydrogen) atoms. The summed E-state index contributed by atoms with van der Waals surface area (Å²) in [4.78, 5) is 21.7. The molecule has 1 aliphatic rings. The van der Waals surface area contributed by atoms with Gasteiger partial charge in [0.05, 0.1) is 0 Å². The van der Waals surface area contributed by atoms with Crippen LogP contribution < -0.4 is 0 Å². The summed E-state index contributed by atoms with van der Waals surface area (Å²) in [7, 11) is 0. The minimum Gasteiger partial charge on any atom is -0.480 e. The number of rotatable bonds is 3. The van der Waals surface area contributed by atoms with Crippen LogP contribution >= 0.6 is 0 Å². The molecule has 74 valence electrons. The topological polar surface area (TPSA) is 74.6 Å². The van der Waals surface area contributed by atoms with Gasteiger partial charge in [0, 0.05) is 0 Å². The van der Waals surface area contributed by atoms with Crippen molar-refractivity contribution in [3.63, 3.8) is 0 Å². The third-order valence-electron chi connectivity index (χ3n) is 3.06. The molecule has 0 unspecified atom stereocenters. The maximum atomic E-state index is 10.9. The molecule has 0 aromatic carbocycles. The van der Waals surface area contributed by atoms with Crippen LogP contribution in [0.4, 0.5) is 0 Å². The monoisotopic (exact) mass is 186 g/mol. The molecule has 2 N–H and O–H groups in total. The molecule has 0 aromatic heterocycles. The van der Waals surface area contributed by atoms with Crippen LogP contribution in [0, 0.1) is 11.3 Å². The fraction of sp³-hybridized carbons (Fsp3) is 0.778. The number of hydrogen-bond donors (Lipinski definition) is 2. The van der Waals surface area contributed by atoms with E-state index in [0.717, 1.165) is 25.7 Å². The molecule has 0 amide bonds. The van der Waals surface area contributed by atoms with Crippen molar-refractivity contribution in [3.05, 3.63) is 0 Å². The second-order valence-electron chi connectivity index (χ2n) is 3.79. The van der Waals surface area contributed by atoms with Gasteiger partial charge in [-0.05, 0) is 25.7 Å². The fourth-order valence-electron chi connectivity index (χ4n) is 1.94. The summed E-state index contributed by atoms with van der Waals surface area (Å²) in [5.41, 5.74) is -1.59.